The number of halogens is 1. The monoisotopic (exact) mass is 470 g/mol. The SMILES string of the molecule is N#Cc1ccc(C(=O)N(Cc2ccccc2NC(=O)c2cccc(F)c2)C2CCC(N)CC2)cc1. The first-order chi connectivity index (χ1) is 16.9. The fourth-order valence-corrected chi connectivity index (χ4v) is 4.42. The quantitative estimate of drug-likeness (QED) is 0.537. The van der Waals surface area contributed by atoms with Crippen LogP contribution in [0.2, 0.25) is 0 Å². The number of benzene rings is 3. The predicted octanol–water partition coefficient (Wildman–Crippen LogP) is 4.86. The van der Waals surface area contributed by atoms with Crippen LogP contribution in [0.3, 0.4) is 0 Å². The molecule has 0 bridgehead atoms. The van der Waals surface area contributed by atoms with Gasteiger partial charge in [-0.1, -0.05) is 24.3 Å². The lowest BCUT2D eigenvalue weighted by Gasteiger charge is -2.36. The van der Waals surface area contributed by atoms with Gasteiger partial charge in [0.2, 0.25) is 0 Å². The van der Waals surface area contributed by atoms with Gasteiger partial charge in [-0.05, 0) is 79.8 Å². The molecule has 3 aromatic carbocycles. The van der Waals surface area contributed by atoms with Crippen molar-refractivity contribution in [3.8, 4) is 6.07 Å². The third-order valence-corrected chi connectivity index (χ3v) is 6.40. The van der Waals surface area contributed by atoms with Crippen LogP contribution in [0.1, 0.15) is 57.5 Å². The zero-order valence-electron chi connectivity index (χ0n) is 19.3. The van der Waals surface area contributed by atoms with Gasteiger partial charge in [0.15, 0.2) is 0 Å². The van der Waals surface area contributed by atoms with Gasteiger partial charge in [-0.2, -0.15) is 5.26 Å². The average molecular weight is 471 g/mol. The summed E-state index contributed by atoms with van der Waals surface area (Å²) in [5.74, 6) is -1.05. The van der Waals surface area contributed by atoms with E-state index >= 15 is 0 Å². The van der Waals surface area contributed by atoms with Crippen molar-refractivity contribution in [3.63, 3.8) is 0 Å². The van der Waals surface area contributed by atoms with Crippen molar-refractivity contribution in [2.45, 2.75) is 44.3 Å². The number of carbonyl (C=O) groups excluding carboxylic acids is 2. The third kappa shape index (κ3) is 5.92. The molecule has 2 amide bonds. The van der Waals surface area contributed by atoms with Crippen LogP contribution in [0.25, 0.3) is 0 Å². The summed E-state index contributed by atoms with van der Waals surface area (Å²) in [5.41, 5.74) is 8.64. The highest BCUT2D eigenvalue weighted by molar-refractivity contribution is 6.04. The Hall–Kier alpha value is -4.02. The van der Waals surface area contributed by atoms with Gasteiger partial charge in [-0.3, -0.25) is 9.59 Å². The van der Waals surface area contributed by atoms with Crippen LogP contribution >= 0.6 is 0 Å². The van der Waals surface area contributed by atoms with E-state index in [2.05, 4.69) is 11.4 Å². The molecule has 0 unspecified atom stereocenters. The summed E-state index contributed by atoms with van der Waals surface area (Å²) in [7, 11) is 0. The van der Waals surface area contributed by atoms with Crippen LogP contribution in [-0.4, -0.2) is 28.8 Å². The highest BCUT2D eigenvalue weighted by Gasteiger charge is 2.29. The van der Waals surface area contributed by atoms with Crippen molar-refractivity contribution in [1.82, 2.24) is 4.90 Å². The lowest BCUT2D eigenvalue weighted by atomic mass is 9.90. The Morgan fingerprint density at radius 3 is 2.37 bits per heavy atom. The second kappa shape index (κ2) is 10.9. The molecule has 3 N–H and O–H groups in total. The first-order valence-corrected chi connectivity index (χ1v) is 11.7. The molecule has 4 rings (SSSR count). The molecule has 35 heavy (non-hydrogen) atoms. The molecule has 1 aliphatic carbocycles. The summed E-state index contributed by atoms with van der Waals surface area (Å²) in [6, 6.07) is 21.6. The summed E-state index contributed by atoms with van der Waals surface area (Å²) < 4.78 is 13.6. The van der Waals surface area contributed by atoms with Crippen molar-refractivity contribution in [1.29, 1.82) is 5.26 Å². The standard InChI is InChI=1S/C28H27FN4O2/c29-23-6-3-5-21(16-23)27(34)32-26-7-2-1-4-22(26)18-33(25-14-12-24(31)13-15-25)28(35)20-10-8-19(17-30)9-11-20/h1-11,16,24-25H,12-15,18,31H2,(H,32,34). The number of amides is 2. The topological polar surface area (TPSA) is 99.2 Å². The molecule has 0 spiro atoms. The molecular formula is C28H27FN4O2. The second-order valence-corrected chi connectivity index (χ2v) is 8.81. The number of nitriles is 1. The summed E-state index contributed by atoms with van der Waals surface area (Å²) in [6.45, 7) is 0.290. The second-order valence-electron chi connectivity index (χ2n) is 8.81. The van der Waals surface area contributed by atoms with E-state index in [0.29, 0.717) is 23.4 Å². The van der Waals surface area contributed by atoms with E-state index in [0.717, 1.165) is 31.2 Å². The number of para-hydroxylation sites is 1. The van der Waals surface area contributed by atoms with Gasteiger partial charge in [0, 0.05) is 35.4 Å². The highest BCUT2D eigenvalue weighted by atomic mass is 19.1. The summed E-state index contributed by atoms with van der Waals surface area (Å²) in [5, 5.41) is 12.0. The van der Waals surface area contributed by atoms with Gasteiger partial charge in [0.25, 0.3) is 11.8 Å². The van der Waals surface area contributed by atoms with Gasteiger partial charge < -0.3 is 16.0 Å². The average Bonchev–Trinajstić information content (AvgIpc) is 2.88. The first kappa shape index (κ1) is 24.1. The van der Waals surface area contributed by atoms with E-state index in [4.69, 9.17) is 11.0 Å². The Bertz CT molecular complexity index is 1240. The molecule has 1 fully saturated rings. The van der Waals surface area contributed by atoms with Gasteiger partial charge in [0.05, 0.1) is 11.6 Å². The summed E-state index contributed by atoms with van der Waals surface area (Å²) >= 11 is 0. The van der Waals surface area contributed by atoms with E-state index < -0.39 is 11.7 Å². The maximum Gasteiger partial charge on any atom is 0.255 e. The number of rotatable bonds is 6. The molecular weight excluding hydrogens is 443 g/mol. The molecule has 0 aromatic heterocycles. The number of anilines is 1. The summed E-state index contributed by atoms with van der Waals surface area (Å²) in [6.07, 6.45) is 3.25. The minimum atomic E-state index is -0.486. The Labute approximate surface area is 204 Å². The fraction of sp³-hybridized carbons (Fsp3) is 0.250. The number of nitrogens with one attached hydrogen (secondary N) is 1. The zero-order valence-corrected chi connectivity index (χ0v) is 19.3. The molecule has 1 aliphatic rings. The minimum Gasteiger partial charge on any atom is -0.331 e. The van der Waals surface area contributed by atoms with Crippen LogP contribution in [0.5, 0.6) is 0 Å². The van der Waals surface area contributed by atoms with E-state index in [-0.39, 0.29) is 23.6 Å². The molecule has 0 heterocycles. The van der Waals surface area contributed by atoms with Crippen LogP contribution in [0.4, 0.5) is 10.1 Å². The van der Waals surface area contributed by atoms with Crippen molar-refractivity contribution >= 4 is 17.5 Å². The zero-order chi connectivity index (χ0) is 24.8. The Morgan fingerprint density at radius 2 is 1.69 bits per heavy atom. The van der Waals surface area contributed by atoms with Gasteiger partial charge in [0.1, 0.15) is 5.82 Å². The fourth-order valence-electron chi connectivity index (χ4n) is 4.42. The molecule has 0 atom stereocenters. The van der Waals surface area contributed by atoms with E-state index in [1.807, 2.05) is 17.0 Å². The van der Waals surface area contributed by atoms with E-state index in [1.165, 1.54) is 18.2 Å². The van der Waals surface area contributed by atoms with E-state index in [1.54, 1.807) is 42.5 Å². The van der Waals surface area contributed by atoms with Crippen LogP contribution in [0, 0.1) is 17.1 Å². The molecule has 0 radical (unpaired) electrons. The Balaban J connectivity index is 1.61. The van der Waals surface area contributed by atoms with Crippen molar-refractivity contribution < 1.29 is 14.0 Å². The first-order valence-electron chi connectivity index (χ1n) is 11.7. The lowest BCUT2D eigenvalue weighted by molar-refractivity contribution is 0.0607. The largest absolute Gasteiger partial charge is 0.331 e. The number of hydrogen-bond donors (Lipinski definition) is 2. The molecule has 3 aromatic rings. The number of nitrogens with zero attached hydrogens (tertiary/aromatic N) is 2. The van der Waals surface area contributed by atoms with E-state index in [9.17, 15) is 14.0 Å². The number of nitrogens with two attached hydrogens (primary N) is 1. The highest BCUT2D eigenvalue weighted by Crippen LogP contribution is 2.28. The number of hydrogen-bond acceptors (Lipinski definition) is 4. The minimum absolute atomic E-state index is 0.00456. The van der Waals surface area contributed by atoms with Crippen molar-refractivity contribution in [2.75, 3.05) is 5.32 Å². The van der Waals surface area contributed by atoms with Crippen LogP contribution in [0.15, 0.2) is 72.8 Å². The molecule has 1 saturated carbocycles. The van der Waals surface area contributed by atoms with Crippen molar-refractivity contribution in [2.24, 2.45) is 5.73 Å². The molecule has 7 heteroatoms. The predicted molar refractivity (Wildman–Crippen MR) is 132 cm³/mol. The Morgan fingerprint density at radius 1 is 0.971 bits per heavy atom. The van der Waals surface area contributed by atoms with Gasteiger partial charge >= 0.3 is 0 Å². The number of carbonyl (C=O) groups is 2. The molecule has 178 valence electrons. The molecule has 0 saturated heterocycles. The third-order valence-electron chi connectivity index (χ3n) is 6.40. The summed E-state index contributed by atoms with van der Waals surface area (Å²) in [4.78, 5) is 28.2. The van der Waals surface area contributed by atoms with Crippen LogP contribution in [-0.2, 0) is 6.54 Å². The molecule has 6 nitrogen and oxygen atoms in total. The van der Waals surface area contributed by atoms with Gasteiger partial charge in [-0.25, -0.2) is 4.39 Å². The van der Waals surface area contributed by atoms with Crippen molar-refractivity contribution in [3.05, 3.63) is 101 Å². The lowest BCUT2D eigenvalue weighted by Crippen LogP contribution is -2.44. The van der Waals surface area contributed by atoms with Gasteiger partial charge in [-0.15, -0.1) is 0 Å². The Kier molecular flexibility index (Phi) is 7.54. The normalized spacial score (nSPS) is 17.3. The maximum absolute atomic E-state index is 13.6. The van der Waals surface area contributed by atoms with Crippen LogP contribution < -0.4 is 11.1 Å². The molecule has 0 aliphatic heterocycles. The maximum atomic E-state index is 13.6. The smallest absolute Gasteiger partial charge is 0.255 e.